The second-order valence-corrected chi connectivity index (χ2v) is 5.49. The molecule has 0 saturated heterocycles. The van der Waals surface area contributed by atoms with E-state index in [0.29, 0.717) is 33.0 Å². The van der Waals surface area contributed by atoms with Crippen molar-refractivity contribution in [1.29, 1.82) is 5.26 Å². The Morgan fingerprint density at radius 1 is 1.27 bits per heavy atom. The van der Waals surface area contributed by atoms with Crippen LogP contribution in [0.15, 0.2) is 24.3 Å². The number of hydrogen-bond donors (Lipinski definition) is 1. The Labute approximate surface area is 132 Å². The van der Waals surface area contributed by atoms with E-state index in [4.69, 9.17) is 14.7 Å². The van der Waals surface area contributed by atoms with Crippen molar-refractivity contribution >= 4 is 5.91 Å². The lowest BCUT2D eigenvalue weighted by Crippen LogP contribution is -2.35. The van der Waals surface area contributed by atoms with Crippen LogP contribution in [0, 0.1) is 16.7 Å². The van der Waals surface area contributed by atoms with E-state index < -0.39 is 5.41 Å². The van der Waals surface area contributed by atoms with Crippen molar-refractivity contribution in [3.8, 4) is 6.07 Å². The Morgan fingerprint density at radius 3 is 2.64 bits per heavy atom. The highest BCUT2D eigenvalue weighted by Gasteiger charge is 2.26. The zero-order valence-electron chi connectivity index (χ0n) is 13.5. The fraction of sp³-hybridized carbons (Fsp3) is 0.529. The molecule has 22 heavy (non-hydrogen) atoms. The van der Waals surface area contributed by atoms with Gasteiger partial charge < -0.3 is 14.8 Å². The summed E-state index contributed by atoms with van der Waals surface area (Å²) in [6, 6.07) is 9.82. The Kier molecular flexibility index (Phi) is 7.58. The summed E-state index contributed by atoms with van der Waals surface area (Å²) >= 11 is 0. The molecule has 1 aromatic carbocycles. The summed E-state index contributed by atoms with van der Waals surface area (Å²) in [4.78, 5) is 11.9. The van der Waals surface area contributed by atoms with Gasteiger partial charge in [-0.05, 0) is 31.9 Å². The predicted octanol–water partition coefficient (Wildman–Crippen LogP) is 2.41. The first-order valence-corrected chi connectivity index (χ1v) is 7.42. The fourth-order valence-electron chi connectivity index (χ4n) is 1.74. The van der Waals surface area contributed by atoms with Gasteiger partial charge in [0.15, 0.2) is 0 Å². The number of benzene rings is 1. The lowest BCUT2D eigenvalue weighted by Gasteiger charge is -2.15. The molecule has 0 unspecified atom stereocenters. The van der Waals surface area contributed by atoms with Crippen LogP contribution in [-0.4, -0.2) is 25.7 Å². The van der Waals surface area contributed by atoms with E-state index in [1.807, 2.05) is 37.3 Å². The summed E-state index contributed by atoms with van der Waals surface area (Å²) in [5.41, 5.74) is 1.01. The maximum atomic E-state index is 11.9. The molecule has 0 saturated carbocycles. The standard InChI is InChI=1S/C17H24N2O3/c1-4-21-8-9-22-12-15-7-5-6-14(10-15)11-19-16(20)17(2,3)13-18/h5-7,10H,4,8-9,11-12H2,1-3H3,(H,19,20). The molecule has 1 aromatic rings. The van der Waals surface area contributed by atoms with Gasteiger partial charge in [0, 0.05) is 13.2 Å². The topological polar surface area (TPSA) is 71.3 Å². The van der Waals surface area contributed by atoms with Crippen molar-refractivity contribution in [3.63, 3.8) is 0 Å². The Bertz CT molecular complexity index is 521. The SMILES string of the molecule is CCOCCOCc1cccc(CNC(=O)C(C)(C)C#N)c1. The van der Waals surface area contributed by atoms with Crippen LogP contribution >= 0.6 is 0 Å². The number of nitrogens with zero attached hydrogens (tertiary/aromatic N) is 1. The molecule has 5 heteroatoms. The average molecular weight is 304 g/mol. The second-order valence-electron chi connectivity index (χ2n) is 5.49. The van der Waals surface area contributed by atoms with Gasteiger partial charge in [0.05, 0.1) is 25.9 Å². The Balaban J connectivity index is 2.44. The first-order valence-electron chi connectivity index (χ1n) is 7.42. The van der Waals surface area contributed by atoms with Crippen molar-refractivity contribution in [2.24, 2.45) is 5.41 Å². The van der Waals surface area contributed by atoms with Gasteiger partial charge in [-0.2, -0.15) is 5.26 Å². The molecule has 5 nitrogen and oxygen atoms in total. The Morgan fingerprint density at radius 2 is 1.95 bits per heavy atom. The summed E-state index contributed by atoms with van der Waals surface area (Å²) in [5.74, 6) is -0.270. The van der Waals surface area contributed by atoms with Gasteiger partial charge in [-0.15, -0.1) is 0 Å². The van der Waals surface area contributed by atoms with Gasteiger partial charge in [0.2, 0.25) is 5.91 Å². The number of rotatable bonds is 9. The number of amides is 1. The zero-order valence-corrected chi connectivity index (χ0v) is 13.5. The van der Waals surface area contributed by atoms with Crippen LogP contribution in [0.4, 0.5) is 0 Å². The van der Waals surface area contributed by atoms with Crippen molar-refractivity contribution in [1.82, 2.24) is 5.32 Å². The number of carbonyl (C=O) groups excluding carboxylic acids is 1. The highest BCUT2D eigenvalue weighted by atomic mass is 16.5. The van der Waals surface area contributed by atoms with E-state index >= 15 is 0 Å². The van der Waals surface area contributed by atoms with E-state index in [0.717, 1.165) is 11.1 Å². The highest BCUT2D eigenvalue weighted by Crippen LogP contribution is 2.13. The zero-order chi connectivity index (χ0) is 16.4. The molecule has 0 aromatic heterocycles. The minimum atomic E-state index is -1.01. The van der Waals surface area contributed by atoms with Crippen molar-refractivity contribution in [2.75, 3.05) is 19.8 Å². The lowest BCUT2D eigenvalue weighted by molar-refractivity contribution is -0.126. The molecule has 0 aliphatic heterocycles. The van der Waals surface area contributed by atoms with Crippen LogP contribution in [0.3, 0.4) is 0 Å². The second kappa shape index (κ2) is 9.19. The summed E-state index contributed by atoms with van der Waals surface area (Å²) < 4.78 is 10.7. The van der Waals surface area contributed by atoms with Crippen LogP contribution in [0.5, 0.6) is 0 Å². The van der Waals surface area contributed by atoms with Gasteiger partial charge in [-0.25, -0.2) is 0 Å². The van der Waals surface area contributed by atoms with Crippen LogP contribution in [-0.2, 0) is 27.4 Å². The minimum Gasteiger partial charge on any atom is -0.379 e. The van der Waals surface area contributed by atoms with E-state index in [-0.39, 0.29) is 5.91 Å². The molecule has 0 atom stereocenters. The third kappa shape index (κ3) is 6.25. The molecule has 1 amide bonds. The van der Waals surface area contributed by atoms with Gasteiger partial charge in [-0.1, -0.05) is 24.3 Å². The maximum Gasteiger partial charge on any atom is 0.240 e. The van der Waals surface area contributed by atoms with E-state index in [9.17, 15) is 4.79 Å². The van der Waals surface area contributed by atoms with E-state index in [2.05, 4.69) is 5.32 Å². The number of nitrogens with one attached hydrogen (secondary N) is 1. The monoisotopic (exact) mass is 304 g/mol. The normalized spacial score (nSPS) is 11.0. The number of carbonyl (C=O) groups is 1. The first-order chi connectivity index (χ1) is 10.5. The van der Waals surface area contributed by atoms with Crippen LogP contribution in [0.1, 0.15) is 31.9 Å². The van der Waals surface area contributed by atoms with Crippen molar-refractivity contribution in [3.05, 3.63) is 35.4 Å². The molecule has 1 N–H and O–H groups in total. The quantitative estimate of drug-likeness (QED) is 0.711. The molecule has 0 aliphatic rings. The number of ether oxygens (including phenoxy) is 2. The molecule has 0 aliphatic carbocycles. The molecule has 0 heterocycles. The van der Waals surface area contributed by atoms with E-state index in [1.54, 1.807) is 13.8 Å². The lowest BCUT2D eigenvalue weighted by atomic mass is 9.94. The number of hydrogen-bond acceptors (Lipinski definition) is 4. The van der Waals surface area contributed by atoms with Gasteiger partial charge in [-0.3, -0.25) is 4.79 Å². The highest BCUT2D eigenvalue weighted by molar-refractivity contribution is 5.84. The predicted molar refractivity (Wildman–Crippen MR) is 83.8 cm³/mol. The van der Waals surface area contributed by atoms with Gasteiger partial charge in [0.25, 0.3) is 0 Å². The molecule has 1 rings (SSSR count). The van der Waals surface area contributed by atoms with Crippen LogP contribution < -0.4 is 5.32 Å². The van der Waals surface area contributed by atoms with Crippen molar-refractivity contribution in [2.45, 2.75) is 33.9 Å². The summed E-state index contributed by atoms with van der Waals surface area (Å²) in [6.45, 7) is 7.91. The third-order valence-corrected chi connectivity index (χ3v) is 3.14. The fourth-order valence-corrected chi connectivity index (χ4v) is 1.74. The largest absolute Gasteiger partial charge is 0.379 e. The smallest absolute Gasteiger partial charge is 0.240 e. The van der Waals surface area contributed by atoms with Gasteiger partial charge >= 0.3 is 0 Å². The Hall–Kier alpha value is -1.90. The molecule has 120 valence electrons. The van der Waals surface area contributed by atoms with Crippen LogP contribution in [0.25, 0.3) is 0 Å². The summed E-state index contributed by atoms with van der Waals surface area (Å²) in [6.07, 6.45) is 0. The molecule has 0 spiro atoms. The molecule has 0 bridgehead atoms. The maximum absolute atomic E-state index is 11.9. The first kappa shape index (κ1) is 18.1. The average Bonchev–Trinajstić information content (AvgIpc) is 2.52. The molecule has 0 fully saturated rings. The third-order valence-electron chi connectivity index (χ3n) is 3.14. The van der Waals surface area contributed by atoms with Crippen molar-refractivity contribution < 1.29 is 14.3 Å². The van der Waals surface area contributed by atoms with Crippen LogP contribution in [0.2, 0.25) is 0 Å². The molecule has 0 radical (unpaired) electrons. The summed E-state index contributed by atoms with van der Waals surface area (Å²) in [5, 5.41) is 11.7. The summed E-state index contributed by atoms with van der Waals surface area (Å²) in [7, 11) is 0. The molecular weight excluding hydrogens is 280 g/mol. The molecular formula is C17H24N2O3. The minimum absolute atomic E-state index is 0.270. The number of nitriles is 1. The van der Waals surface area contributed by atoms with E-state index in [1.165, 1.54) is 0 Å². The van der Waals surface area contributed by atoms with Gasteiger partial charge in [0.1, 0.15) is 5.41 Å².